The maximum absolute atomic E-state index is 12.3. The summed E-state index contributed by atoms with van der Waals surface area (Å²) in [7, 11) is 0. The molecule has 4 N–H and O–H groups in total. The number of thiazole rings is 1. The first-order chi connectivity index (χ1) is 14.9. The molecule has 7 heteroatoms. The van der Waals surface area contributed by atoms with Crippen molar-refractivity contribution >= 4 is 22.6 Å². The molecule has 0 saturated heterocycles. The first-order valence-electron chi connectivity index (χ1n) is 10.6. The molecule has 168 valence electrons. The minimum absolute atomic E-state index is 0.349. The van der Waals surface area contributed by atoms with Gasteiger partial charge in [0.25, 0.3) is 0 Å². The summed E-state index contributed by atoms with van der Waals surface area (Å²) in [5, 5.41) is 21.1. The number of nitrogen functional groups attached to an aromatic ring is 1. The van der Waals surface area contributed by atoms with Crippen molar-refractivity contribution in [2.45, 2.75) is 57.2 Å². The van der Waals surface area contributed by atoms with Gasteiger partial charge in [0.15, 0.2) is 5.13 Å². The molecule has 0 aliphatic heterocycles. The quantitative estimate of drug-likeness (QED) is 0.481. The smallest absolute Gasteiger partial charge is 0.408 e. The van der Waals surface area contributed by atoms with Crippen LogP contribution in [0.5, 0.6) is 0 Å². The third-order valence-corrected chi connectivity index (χ3v) is 6.95. The zero-order valence-corrected chi connectivity index (χ0v) is 19.6. The molecule has 1 amide bonds. The van der Waals surface area contributed by atoms with Gasteiger partial charge in [0.05, 0.1) is 21.7 Å². The number of aromatic nitrogens is 1. The number of hydrogen-bond donors (Lipinski definition) is 3. The highest BCUT2D eigenvalue weighted by molar-refractivity contribution is 7.19. The van der Waals surface area contributed by atoms with Crippen LogP contribution in [0, 0.1) is 0 Å². The number of rotatable bonds is 4. The Bertz CT molecular complexity index is 1120. The average Bonchev–Trinajstić information content (AvgIpc) is 3.07. The second-order valence-electron chi connectivity index (χ2n) is 9.84. The number of hydrogen-bond acceptors (Lipinski definition) is 5. The Morgan fingerprint density at radius 2 is 1.66 bits per heavy atom. The molecule has 1 aliphatic rings. The molecule has 1 heterocycles. The van der Waals surface area contributed by atoms with E-state index in [1.807, 2.05) is 75.4 Å². The largest absolute Gasteiger partial charge is 0.465 e. The summed E-state index contributed by atoms with van der Waals surface area (Å²) < 4.78 is 0. The van der Waals surface area contributed by atoms with Gasteiger partial charge in [-0.05, 0) is 38.8 Å². The van der Waals surface area contributed by atoms with Crippen LogP contribution in [0.2, 0.25) is 0 Å². The lowest BCUT2D eigenvalue weighted by Gasteiger charge is -2.60. The first kappa shape index (κ1) is 22.3. The van der Waals surface area contributed by atoms with Gasteiger partial charge in [-0.1, -0.05) is 65.9 Å². The summed E-state index contributed by atoms with van der Waals surface area (Å²) in [6.07, 6.45) is -0.292. The fraction of sp³-hybridized carbons (Fsp3) is 0.360. The third-order valence-electron chi connectivity index (χ3n) is 6.01. The van der Waals surface area contributed by atoms with E-state index in [2.05, 4.69) is 4.98 Å². The number of anilines is 1. The van der Waals surface area contributed by atoms with Gasteiger partial charge in [0.2, 0.25) is 0 Å². The van der Waals surface area contributed by atoms with Crippen LogP contribution in [-0.4, -0.2) is 37.3 Å². The average molecular weight is 452 g/mol. The van der Waals surface area contributed by atoms with E-state index in [-0.39, 0.29) is 0 Å². The van der Waals surface area contributed by atoms with E-state index in [1.54, 1.807) is 6.92 Å². The van der Waals surface area contributed by atoms with E-state index in [0.717, 1.165) is 27.3 Å². The zero-order chi connectivity index (χ0) is 23.3. The molecule has 2 aromatic carbocycles. The first-order valence-corrected chi connectivity index (χ1v) is 11.4. The van der Waals surface area contributed by atoms with Crippen molar-refractivity contribution in [2.75, 3.05) is 5.73 Å². The van der Waals surface area contributed by atoms with E-state index in [4.69, 9.17) is 5.73 Å². The standard InChI is InChI=1S/C25H29N3O3S/c1-23(2,3)28(22(29)30)25(14-24(4,31)15-25)18-12-10-16(11-13-18)19-20(32-21(26)27-19)17-8-6-5-7-9-17/h5-13,31H,14-15H2,1-4H3,(H2,26,27)(H,29,30)/t24-,25+. The van der Waals surface area contributed by atoms with Crippen LogP contribution in [0.25, 0.3) is 21.7 Å². The van der Waals surface area contributed by atoms with E-state index in [9.17, 15) is 15.0 Å². The lowest BCUT2D eigenvalue weighted by Crippen LogP contribution is -2.67. The van der Waals surface area contributed by atoms with Crippen molar-refractivity contribution in [1.29, 1.82) is 0 Å². The highest BCUT2D eigenvalue weighted by Crippen LogP contribution is 2.54. The number of amides is 1. The molecule has 1 aliphatic carbocycles. The fourth-order valence-corrected chi connectivity index (χ4v) is 5.93. The number of aliphatic hydroxyl groups is 1. The van der Waals surface area contributed by atoms with Crippen LogP contribution in [-0.2, 0) is 5.54 Å². The summed E-state index contributed by atoms with van der Waals surface area (Å²) in [4.78, 5) is 19.3. The maximum Gasteiger partial charge on any atom is 0.408 e. The Kier molecular flexibility index (Phi) is 5.30. The third kappa shape index (κ3) is 3.87. The van der Waals surface area contributed by atoms with Gasteiger partial charge in [-0.25, -0.2) is 9.78 Å². The second kappa shape index (κ2) is 7.60. The fourth-order valence-electron chi connectivity index (χ4n) is 5.07. The SMILES string of the molecule is CC(C)(C)N(C(=O)O)[C@]1(c2ccc(-c3nc(N)sc3-c3ccccc3)cc2)C[C@](C)(O)C1. The molecule has 0 unspecified atom stereocenters. The Hall–Kier alpha value is -2.90. The van der Waals surface area contributed by atoms with Crippen LogP contribution < -0.4 is 5.73 Å². The molecular weight excluding hydrogens is 422 g/mol. The molecule has 0 atom stereocenters. The van der Waals surface area contributed by atoms with E-state index in [1.165, 1.54) is 16.2 Å². The molecule has 0 spiro atoms. The molecule has 3 aromatic rings. The van der Waals surface area contributed by atoms with Crippen molar-refractivity contribution < 1.29 is 15.0 Å². The second-order valence-corrected chi connectivity index (χ2v) is 10.9. The lowest BCUT2D eigenvalue weighted by molar-refractivity contribution is -0.152. The number of carbonyl (C=O) groups is 1. The van der Waals surface area contributed by atoms with Crippen molar-refractivity contribution in [3.8, 4) is 21.7 Å². The summed E-state index contributed by atoms with van der Waals surface area (Å²) in [6.45, 7) is 7.41. The molecule has 6 nitrogen and oxygen atoms in total. The molecule has 0 bridgehead atoms. The van der Waals surface area contributed by atoms with Gasteiger partial charge in [-0.2, -0.15) is 0 Å². The number of nitrogens with two attached hydrogens (primary N) is 1. The van der Waals surface area contributed by atoms with Gasteiger partial charge >= 0.3 is 6.09 Å². The summed E-state index contributed by atoms with van der Waals surface area (Å²) in [5.74, 6) is 0. The van der Waals surface area contributed by atoms with Gasteiger partial charge in [-0.15, -0.1) is 0 Å². The molecule has 1 saturated carbocycles. The highest BCUT2D eigenvalue weighted by atomic mass is 32.1. The summed E-state index contributed by atoms with van der Waals surface area (Å²) >= 11 is 1.45. The van der Waals surface area contributed by atoms with Crippen LogP contribution >= 0.6 is 11.3 Å². The number of benzene rings is 2. The summed E-state index contributed by atoms with van der Waals surface area (Å²) in [5.41, 5.74) is 7.39. The molecule has 32 heavy (non-hydrogen) atoms. The molecular formula is C25H29N3O3S. The van der Waals surface area contributed by atoms with E-state index < -0.39 is 22.8 Å². The monoisotopic (exact) mass is 451 g/mol. The number of carboxylic acid groups (broad SMARTS) is 1. The van der Waals surface area contributed by atoms with Gasteiger partial charge in [0.1, 0.15) is 0 Å². The Morgan fingerprint density at radius 1 is 1.06 bits per heavy atom. The Labute approximate surface area is 192 Å². The van der Waals surface area contributed by atoms with Gasteiger partial charge in [-0.3, -0.25) is 4.90 Å². The Balaban J connectivity index is 1.76. The van der Waals surface area contributed by atoms with Gasteiger partial charge in [0, 0.05) is 23.9 Å². The topological polar surface area (TPSA) is 99.7 Å². The molecule has 4 rings (SSSR count). The predicted octanol–water partition coefficient (Wildman–Crippen LogP) is 5.58. The van der Waals surface area contributed by atoms with Crippen molar-refractivity contribution in [1.82, 2.24) is 9.88 Å². The van der Waals surface area contributed by atoms with Crippen LogP contribution in [0.3, 0.4) is 0 Å². The minimum Gasteiger partial charge on any atom is -0.465 e. The molecule has 1 aromatic heterocycles. The van der Waals surface area contributed by atoms with Crippen LogP contribution in [0.4, 0.5) is 9.93 Å². The lowest BCUT2D eigenvalue weighted by atomic mass is 9.60. The molecule has 0 radical (unpaired) electrons. The van der Waals surface area contributed by atoms with Gasteiger partial charge < -0.3 is 15.9 Å². The van der Waals surface area contributed by atoms with E-state index >= 15 is 0 Å². The summed E-state index contributed by atoms with van der Waals surface area (Å²) in [6, 6.07) is 17.8. The maximum atomic E-state index is 12.3. The van der Waals surface area contributed by atoms with Crippen molar-refractivity contribution in [3.63, 3.8) is 0 Å². The minimum atomic E-state index is -0.990. The van der Waals surface area contributed by atoms with Crippen LogP contribution in [0.1, 0.15) is 46.1 Å². The van der Waals surface area contributed by atoms with Crippen LogP contribution in [0.15, 0.2) is 54.6 Å². The zero-order valence-electron chi connectivity index (χ0n) is 18.8. The highest BCUT2D eigenvalue weighted by Gasteiger charge is 2.59. The Morgan fingerprint density at radius 3 is 2.16 bits per heavy atom. The van der Waals surface area contributed by atoms with E-state index in [0.29, 0.717) is 18.0 Å². The normalized spacial score (nSPS) is 22.9. The number of nitrogens with zero attached hydrogens (tertiary/aromatic N) is 2. The predicted molar refractivity (Wildman–Crippen MR) is 129 cm³/mol. The van der Waals surface area contributed by atoms with Crippen molar-refractivity contribution in [3.05, 3.63) is 60.2 Å². The van der Waals surface area contributed by atoms with Crippen molar-refractivity contribution in [2.24, 2.45) is 0 Å². The molecule has 1 fully saturated rings.